The van der Waals surface area contributed by atoms with Crippen molar-refractivity contribution >= 4 is 23.3 Å². The smallest absolute Gasteiger partial charge is 0.433 e. The van der Waals surface area contributed by atoms with E-state index in [1.165, 1.54) is 18.2 Å². The van der Waals surface area contributed by atoms with Gasteiger partial charge in [-0.2, -0.15) is 18.3 Å². The molecule has 1 saturated carbocycles. The predicted octanol–water partition coefficient (Wildman–Crippen LogP) is 5.10. The molecule has 1 aliphatic rings. The lowest BCUT2D eigenvalue weighted by Crippen LogP contribution is -2.37. The summed E-state index contributed by atoms with van der Waals surface area (Å²) in [5, 5.41) is 13.1. The van der Waals surface area contributed by atoms with Crippen molar-refractivity contribution in [1.29, 1.82) is 0 Å². The van der Waals surface area contributed by atoms with Crippen molar-refractivity contribution in [2.45, 2.75) is 44.4 Å². The molecule has 1 heterocycles. The number of anilines is 1. The molecule has 0 aliphatic heterocycles. The average Bonchev–Trinajstić information content (AvgIpc) is 3.33. The highest BCUT2D eigenvalue weighted by molar-refractivity contribution is 6.05. The van der Waals surface area contributed by atoms with Crippen LogP contribution in [0, 0.1) is 17.6 Å². The highest BCUT2D eigenvalue weighted by atomic mass is 19.4. The molecule has 1 aliphatic carbocycles. The van der Waals surface area contributed by atoms with Crippen molar-refractivity contribution in [3.8, 4) is 0 Å². The van der Waals surface area contributed by atoms with Gasteiger partial charge in [0.25, 0.3) is 5.91 Å². The Kier molecular flexibility index (Phi) is 8.21. The molecule has 4 rings (SSSR count). The van der Waals surface area contributed by atoms with Gasteiger partial charge in [0.15, 0.2) is 11.5 Å². The standard InChI is InChI=1S/C27H25F5N4O4/c28-17-9-15(10-18(29)11-17)13-35(14-23(37)20-3-1-2-4-22(20)33)25(38)21-12-34-36(24(21)27(30,31)32)19-7-5-16(6-8-19)26(39)40/h1-4,9-12,16,19H,5-8,13-14,33H2,(H,39,40)/t16-,19-. The number of nitrogen functional groups attached to an aromatic ring is 1. The number of aromatic nitrogens is 2. The Labute approximate surface area is 225 Å². The molecule has 3 N–H and O–H groups in total. The molecule has 1 amide bonds. The molecule has 13 heteroatoms. The first kappa shape index (κ1) is 28.7. The summed E-state index contributed by atoms with van der Waals surface area (Å²) in [4.78, 5) is 38.7. The van der Waals surface area contributed by atoms with Gasteiger partial charge >= 0.3 is 12.1 Å². The number of carboxylic acids is 1. The number of carbonyl (C=O) groups excluding carboxylic acids is 2. The Morgan fingerprint density at radius 3 is 2.20 bits per heavy atom. The lowest BCUT2D eigenvalue weighted by molar-refractivity contribution is -0.147. The SMILES string of the molecule is Nc1ccccc1C(=O)CN(Cc1cc(F)cc(F)c1)C(=O)c1cnn([C@H]2CC[C@H](C(=O)O)CC2)c1C(F)(F)F. The number of Topliss-reactive ketones (excluding diaryl/α,β-unsaturated/α-hetero) is 1. The molecule has 3 aromatic rings. The summed E-state index contributed by atoms with van der Waals surface area (Å²) in [6.07, 6.45) is -3.79. The monoisotopic (exact) mass is 564 g/mol. The third-order valence-corrected chi connectivity index (χ3v) is 6.86. The fourth-order valence-electron chi connectivity index (χ4n) is 4.95. The maximum absolute atomic E-state index is 14.3. The summed E-state index contributed by atoms with van der Waals surface area (Å²) >= 11 is 0. The zero-order valence-electron chi connectivity index (χ0n) is 21.0. The highest BCUT2D eigenvalue weighted by Gasteiger charge is 2.43. The van der Waals surface area contributed by atoms with E-state index in [9.17, 15) is 41.4 Å². The van der Waals surface area contributed by atoms with E-state index in [0.29, 0.717) is 10.7 Å². The van der Waals surface area contributed by atoms with Crippen molar-refractivity contribution in [2.75, 3.05) is 12.3 Å². The van der Waals surface area contributed by atoms with E-state index in [1.807, 2.05) is 0 Å². The molecule has 212 valence electrons. The fourth-order valence-corrected chi connectivity index (χ4v) is 4.95. The molecular weight excluding hydrogens is 539 g/mol. The van der Waals surface area contributed by atoms with E-state index in [4.69, 9.17) is 5.73 Å². The van der Waals surface area contributed by atoms with Crippen LogP contribution in [0.4, 0.5) is 27.6 Å². The maximum atomic E-state index is 14.3. The van der Waals surface area contributed by atoms with Gasteiger partial charge in [-0.25, -0.2) is 8.78 Å². The van der Waals surface area contributed by atoms with E-state index in [2.05, 4.69) is 5.10 Å². The van der Waals surface area contributed by atoms with Gasteiger partial charge in [0.05, 0.1) is 30.3 Å². The first-order chi connectivity index (χ1) is 18.8. The lowest BCUT2D eigenvalue weighted by Gasteiger charge is -2.28. The molecule has 0 bridgehead atoms. The first-order valence-electron chi connectivity index (χ1n) is 12.3. The summed E-state index contributed by atoms with van der Waals surface area (Å²) < 4.78 is 71.4. The minimum atomic E-state index is -5.03. The van der Waals surface area contributed by atoms with Crippen molar-refractivity contribution in [3.63, 3.8) is 0 Å². The number of amides is 1. The van der Waals surface area contributed by atoms with E-state index in [0.717, 1.165) is 23.2 Å². The van der Waals surface area contributed by atoms with Crippen LogP contribution in [0.25, 0.3) is 0 Å². The second kappa shape index (κ2) is 11.4. The minimum absolute atomic E-state index is 0.0210. The molecule has 1 fully saturated rings. The van der Waals surface area contributed by atoms with E-state index < -0.39 is 71.8 Å². The van der Waals surface area contributed by atoms with Gasteiger partial charge in [-0.1, -0.05) is 12.1 Å². The number of alkyl halides is 3. The summed E-state index contributed by atoms with van der Waals surface area (Å²) in [6.45, 7) is -1.32. The van der Waals surface area contributed by atoms with Gasteiger partial charge < -0.3 is 15.7 Å². The largest absolute Gasteiger partial charge is 0.481 e. The van der Waals surface area contributed by atoms with Gasteiger partial charge in [0, 0.05) is 23.9 Å². The maximum Gasteiger partial charge on any atom is 0.433 e. The number of rotatable bonds is 8. The summed E-state index contributed by atoms with van der Waals surface area (Å²) in [6, 6.07) is 7.50. The molecule has 8 nitrogen and oxygen atoms in total. The topological polar surface area (TPSA) is 119 Å². The molecule has 1 aromatic heterocycles. The second-order valence-electron chi connectivity index (χ2n) is 9.64. The van der Waals surface area contributed by atoms with Crippen molar-refractivity contribution < 1.29 is 41.4 Å². The van der Waals surface area contributed by atoms with Gasteiger partial charge in [-0.15, -0.1) is 0 Å². The molecule has 2 aromatic carbocycles. The van der Waals surface area contributed by atoms with Crippen LogP contribution >= 0.6 is 0 Å². The van der Waals surface area contributed by atoms with Gasteiger partial charge in [-0.05, 0) is 55.5 Å². The third-order valence-electron chi connectivity index (χ3n) is 6.86. The molecule has 0 atom stereocenters. The van der Waals surface area contributed by atoms with Crippen LogP contribution < -0.4 is 5.73 Å². The zero-order chi connectivity index (χ0) is 29.2. The Bertz CT molecular complexity index is 1410. The lowest BCUT2D eigenvalue weighted by atomic mass is 9.86. The number of aliphatic carboxylic acids is 1. The number of hydrogen-bond donors (Lipinski definition) is 2. The van der Waals surface area contributed by atoms with Crippen molar-refractivity contribution in [1.82, 2.24) is 14.7 Å². The number of benzene rings is 2. The van der Waals surface area contributed by atoms with E-state index >= 15 is 0 Å². The number of halogens is 5. The molecule has 0 spiro atoms. The number of hydrogen-bond acceptors (Lipinski definition) is 5. The first-order valence-corrected chi connectivity index (χ1v) is 12.3. The number of para-hydroxylation sites is 1. The second-order valence-corrected chi connectivity index (χ2v) is 9.64. The summed E-state index contributed by atoms with van der Waals surface area (Å²) in [5.74, 6) is -5.58. The van der Waals surface area contributed by atoms with Gasteiger partial charge in [-0.3, -0.25) is 19.1 Å². The van der Waals surface area contributed by atoms with Crippen molar-refractivity contribution in [2.24, 2.45) is 5.92 Å². The van der Waals surface area contributed by atoms with Crippen LogP contribution in [0.2, 0.25) is 0 Å². The van der Waals surface area contributed by atoms with Gasteiger partial charge in [0.2, 0.25) is 0 Å². The molecule has 40 heavy (non-hydrogen) atoms. The normalized spacial score (nSPS) is 17.4. The Hall–Kier alpha value is -4.29. The predicted molar refractivity (Wildman–Crippen MR) is 132 cm³/mol. The van der Waals surface area contributed by atoms with Crippen LogP contribution in [0.15, 0.2) is 48.7 Å². The van der Waals surface area contributed by atoms with Gasteiger partial charge in [0.1, 0.15) is 11.6 Å². The Balaban J connectivity index is 1.71. The Morgan fingerprint density at radius 2 is 1.62 bits per heavy atom. The number of carboxylic acid groups (broad SMARTS) is 1. The third kappa shape index (κ3) is 6.29. The average molecular weight is 565 g/mol. The van der Waals surface area contributed by atoms with E-state index in [1.54, 1.807) is 6.07 Å². The number of ketones is 1. The summed E-state index contributed by atoms with van der Waals surface area (Å²) in [5.41, 5.74) is 3.66. The fraction of sp³-hybridized carbons (Fsp3) is 0.333. The van der Waals surface area contributed by atoms with E-state index in [-0.39, 0.29) is 42.5 Å². The van der Waals surface area contributed by atoms with Crippen LogP contribution in [-0.2, 0) is 17.5 Å². The van der Waals surface area contributed by atoms with Crippen LogP contribution in [0.3, 0.4) is 0 Å². The van der Waals surface area contributed by atoms with Crippen LogP contribution in [0.5, 0.6) is 0 Å². The quantitative estimate of drug-likeness (QED) is 0.223. The molecule has 0 radical (unpaired) electrons. The number of nitrogens with two attached hydrogens (primary N) is 1. The number of carbonyl (C=O) groups is 3. The van der Waals surface area contributed by atoms with Crippen LogP contribution in [0.1, 0.15) is 63.7 Å². The highest BCUT2D eigenvalue weighted by Crippen LogP contribution is 2.39. The summed E-state index contributed by atoms with van der Waals surface area (Å²) in [7, 11) is 0. The molecule has 0 unspecified atom stereocenters. The number of nitrogens with zero attached hydrogens (tertiary/aromatic N) is 3. The molecular formula is C27H25F5N4O4. The van der Waals surface area contributed by atoms with Crippen LogP contribution in [-0.4, -0.2) is 44.0 Å². The van der Waals surface area contributed by atoms with Crippen molar-refractivity contribution in [3.05, 3.63) is 82.7 Å². The minimum Gasteiger partial charge on any atom is -0.481 e. The zero-order valence-corrected chi connectivity index (χ0v) is 21.0. The Morgan fingerprint density at radius 1 is 1.00 bits per heavy atom. The molecule has 0 saturated heterocycles.